The number of phenols is 1. The Hall–Kier alpha value is -1.31. The average molecular weight is 320 g/mol. The quantitative estimate of drug-likeness (QED) is 0.695. The molecule has 0 heterocycles. The minimum absolute atomic E-state index is 0.0299. The maximum atomic E-state index is 11.4. The number of rotatable bonds is 3. The first-order chi connectivity index (χ1) is 7.00. The van der Waals surface area contributed by atoms with Gasteiger partial charge in [-0.05, 0) is 40.8 Å². The zero-order valence-electron chi connectivity index (χ0n) is 7.66. The Morgan fingerprint density at radius 2 is 2.13 bits per heavy atom. The normalized spacial score (nSPS) is 9.67. The summed E-state index contributed by atoms with van der Waals surface area (Å²) in [4.78, 5) is 21.8. The molecule has 1 rings (SSSR count). The van der Waals surface area contributed by atoms with E-state index in [0.29, 0.717) is 3.57 Å². The van der Waals surface area contributed by atoms with Crippen LogP contribution < -0.4 is 11.1 Å². The van der Waals surface area contributed by atoms with Crippen LogP contribution in [-0.4, -0.2) is 23.5 Å². The molecule has 1 aromatic rings. The number of halogens is 1. The van der Waals surface area contributed by atoms with Crippen molar-refractivity contribution >= 4 is 34.4 Å². The number of hydrogen-bond donors (Lipinski definition) is 3. The molecule has 0 atom stereocenters. The first-order valence-electron chi connectivity index (χ1n) is 4.05. The summed E-state index contributed by atoms with van der Waals surface area (Å²) in [6.07, 6.45) is 0. The number of carbonyl (C=O) groups excluding carboxylic acids is 2. The summed E-state index contributed by atoms with van der Waals surface area (Å²) in [6.45, 7) is -0.217. The Bertz CT molecular complexity index is 406. The maximum Gasteiger partial charge on any atom is 0.251 e. The Kier molecular flexibility index (Phi) is 3.89. The molecule has 0 saturated carbocycles. The van der Waals surface area contributed by atoms with Crippen LogP contribution in [-0.2, 0) is 4.79 Å². The van der Waals surface area contributed by atoms with Crippen LogP contribution >= 0.6 is 22.6 Å². The molecule has 2 amide bonds. The zero-order valence-corrected chi connectivity index (χ0v) is 9.82. The van der Waals surface area contributed by atoms with Crippen molar-refractivity contribution in [3.63, 3.8) is 0 Å². The van der Waals surface area contributed by atoms with Crippen LogP contribution in [0.5, 0.6) is 5.75 Å². The van der Waals surface area contributed by atoms with Gasteiger partial charge in [0.1, 0.15) is 5.75 Å². The van der Waals surface area contributed by atoms with Crippen LogP contribution in [0.3, 0.4) is 0 Å². The minimum atomic E-state index is -0.613. The van der Waals surface area contributed by atoms with Crippen molar-refractivity contribution in [2.45, 2.75) is 0 Å². The summed E-state index contributed by atoms with van der Waals surface area (Å²) in [5, 5.41) is 11.7. The highest BCUT2D eigenvalue weighted by Gasteiger charge is 2.08. The highest BCUT2D eigenvalue weighted by atomic mass is 127. The number of aromatic hydroxyl groups is 1. The first-order valence-corrected chi connectivity index (χ1v) is 5.13. The predicted octanol–water partition coefficient (Wildman–Crippen LogP) is 0.212. The van der Waals surface area contributed by atoms with Gasteiger partial charge in [0.15, 0.2) is 0 Å². The summed E-state index contributed by atoms with van der Waals surface area (Å²) >= 11 is 1.94. The zero-order chi connectivity index (χ0) is 11.4. The fourth-order valence-corrected chi connectivity index (χ4v) is 1.26. The van der Waals surface area contributed by atoms with Crippen molar-refractivity contribution < 1.29 is 14.7 Å². The smallest absolute Gasteiger partial charge is 0.251 e. The molecule has 15 heavy (non-hydrogen) atoms. The van der Waals surface area contributed by atoms with Crippen molar-refractivity contribution in [1.82, 2.24) is 5.32 Å². The number of phenolic OH excluding ortho intramolecular Hbond substituents is 1. The van der Waals surface area contributed by atoms with Gasteiger partial charge in [-0.15, -0.1) is 0 Å². The predicted molar refractivity (Wildman–Crippen MR) is 62.4 cm³/mol. The molecule has 80 valence electrons. The van der Waals surface area contributed by atoms with Crippen LogP contribution in [0.4, 0.5) is 0 Å². The number of hydrogen-bond acceptors (Lipinski definition) is 3. The summed E-state index contributed by atoms with van der Waals surface area (Å²) in [6, 6.07) is 4.49. The Morgan fingerprint density at radius 1 is 1.47 bits per heavy atom. The molecule has 0 aliphatic rings. The highest BCUT2D eigenvalue weighted by Crippen LogP contribution is 2.20. The van der Waals surface area contributed by atoms with Gasteiger partial charge in [-0.1, -0.05) is 0 Å². The number of nitrogens with two attached hydrogens (primary N) is 1. The second-order valence-corrected chi connectivity index (χ2v) is 3.98. The van der Waals surface area contributed by atoms with Crippen LogP contribution in [0.2, 0.25) is 0 Å². The Balaban J connectivity index is 2.74. The standard InChI is InChI=1S/C9H9IN2O3/c10-6-2-1-5(3-7(6)13)9(15)12-4-8(11)14/h1-3,13H,4H2,(H2,11,14)(H,12,15). The van der Waals surface area contributed by atoms with Gasteiger partial charge in [0.2, 0.25) is 5.91 Å². The monoisotopic (exact) mass is 320 g/mol. The highest BCUT2D eigenvalue weighted by molar-refractivity contribution is 14.1. The molecule has 0 aliphatic heterocycles. The van der Waals surface area contributed by atoms with E-state index in [1.807, 2.05) is 22.6 Å². The molecule has 4 N–H and O–H groups in total. The number of nitrogens with one attached hydrogen (secondary N) is 1. The van der Waals surface area contributed by atoms with Gasteiger partial charge in [-0.3, -0.25) is 9.59 Å². The second-order valence-electron chi connectivity index (χ2n) is 2.82. The van der Waals surface area contributed by atoms with Crippen molar-refractivity contribution in [2.75, 3.05) is 6.54 Å². The molecule has 1 aromatic carbocycles. The van der Waals surface area contributed by atoms with E-state index in [0.717, 1.165) is 0 Å². The summed E-state index contributed by atoms with van der Waals surface area (Å²) in [5.74, 6) is -1.03. The molecule has 0 aromatic heterocycles. The number of benzene rings is 1. The molecular formula is C9H9IN2O3. The molecule has 0 aliphatic carbocycles. The van der Waals surface area contributed by atoms with Gasteiger partial charge in [-0.2, -0.15) is 0 Å². The fourth-order valence-electron chi connectivity index (χ4n) is 0.923. The molecule has 0 radical (unpaired) electrons. The van der Waals surface area contributed by atoms with E-state index >= 15 is 0 Å². The molecule has 0 unspecified atom stereocenters. The van der Waals surface area contributed by atoms with Gasteiger partial charge >= 0.3 is 0 Å². The lowest BCUT2D eigenvalue weighted by Crippen LogP contribution is -2.33. The average Bonchev–Trinajstić information content (AvgIpc) is 2.18. The van der Waals surface area contributed by atoms with Crippen LogP contribution in [0.1, 0.15) is 10.4 Å². The van der Waals surface area contributed by atoms with Crippen molar-refractivity contribution in [2.24, 2.45) is 5.73 Å². The summed E-state index contributed by atoms with van der Waals surface area (Å²) in [7, 11) is 0. The largest absolute Gasteiger partial charge is 0.507 e. The van der Waals surface area contributed by atoms with E-state index in [2.05, 4.69) is 5.32 Å². The lowest BCUT2D eigenvalue weighted by molar-refractivity contribution is -0.117. The van der Waals surface area contributed by atoms with E-state index in [1.54, 1.807) is 12.1 Å². The van der Waals surface area contributed by atoms with Gasteiger partial charge in [0.05, 0.1) is 10.1 Å². The second kappa shape index (κ2) is 4.96. The van der Waals surface area contributed by atoms with Crippen LogP contribution in [0.25, 0.3) is 0 Å². The number of carbonyl (C=O) groups is 2. The molecule has 0 bridgehead atoms. The maximum absolute atomic E-state index is 11.4. The van der Waals surface area contributed by atoms with E-state index in [-0.39, 0.29) is 17.9 Å². The summed E-state index contributed by atoms with van der Waals surface area (Å²) in [5.41, 5.74) is 5.15. The van der Waals surface area contributed by atoms with Gasteiger partial charge in [0.25, 0.3) is 5.91 Å². The topological polar surface area (TPSA) is 92.4 Å². The van der Waals surface area contributed by atoms with Crippen LogP contribution in [0, 0.1) is 3.57 Å². The molecule has 0 spiro atoms. The Morgan fingerprint density at radius 3 is 2.67 bits per heavy atom. The van der Waals surface area contributed by atoms with Gasteiger partial charge in [0, 0.05) is 5.56 Å². The molecular weight excluding hydrogens is 311 g/mol. The lowest BCUT2D eigenvalue weighted by atomic mass is 10.2. The fraction of sp³-hybridized carbons (Fsp3) is 0.111. The molecule has 5 nitrogen and oxygen atoms in total. The van der Waals surface area contributed by atoms with Gasteiger partial charge in [-0.25, -0.2) is 0 Å². The Labute approximate surface area is 99.8 Å². The molecule has 0 saturated heterocycles. The van der Waals surface area contributed by atoms with Crippen molar-refractivity contribution in [3.05, 3.63) is 27.3 Å². The number of amides is 2. The van der Waals surface area contributed by atoms with E-state index < -0.39 is 11.8 Å². The molecule has 0 fully saturated rings. The van der Waals surface area contributed by atoms with E-state index in [4.69, 9.17) is 5.73 Å². The minimum Gasteiger partial charge on any atom is -0.507 e. The number of primary amides is 1. The lowest BCUT2D eigenvalue weighted by Gasteiger charge is -2.03. The third-order valence-electron chi connectivity index (χ3n) is 1.63. The van der Waals surface area contributed by atoms with Crippen LogP contribution in [0.15, 0.2) is 18.2 Å². The van der Waals surface area contributed by atoms with Gasteiger partial charge < -0.3 is 16.2 Å². The SMILES string of the molecule is NC(=O)CNC(=O)c1ccc(I)c(O)c1. The third-order valence-corrected chi connectivity index (χ3v) is 2.54. The summed E-state index contributed by atoms with van der Waals surface area (Å²) < 4.78 is 0.652. The van der Waals surface area contributed by atoms with E-state index in [9.17, 15) is 14.7 Å². The molecule has 6 heteroatoms. The van der Waals surface area contributed by atoms with Crippen molar-refractivity contribution in [1.29, 1.82) is 0 Å². The first kappa shape index (κ1) is 11.8. The van der Waals surface area contributed by atoms with Crippen molar-refractivity contribution in [3.8, 4) is 5.75 Å². The van der Waals surface area contributed by atoms with E-state index in [1.165, 1.54) is 6.07 Å². The third kappa shape index (κ3) is 3.39.